The first-order chi connectivity index (χ1) is 14.0. The number of benzene rings is 2. The first-order valence-corrected chi connectivity index (χ1v) is 10.4. The highest BCUT2D eigenvalue weighted by atomic mass is 32.1. The zero-order valence-corrected chi connectivity index (χ0v) is 17.4. The van der Waals surface area contributed by atoms with Crippen molar-refractivity contribution in [3.05, 3.63) is 64.5 Å². The van der Waals surface area contributed by atoms with Crippen molar-refractivity contribution in [2.24, 2.45) is 0 Å². The number of carbonyl (C=O) groups excluding carboxylic acids is 1. The van der Waals surface area contributed by atoms with E-state index >= 15 is 0 Å². The van der Waals surface area contributed by atoms with Gasteiger partial charge in [0.15, 0.2) is 22.2 Å². The highest BCUT2D eigenvalue weighted by molar-refractivity contribution is 7.14. The summed E-state index contributed by atoms with van der Waals surface area (Å²) in [5, 5.41) is 6.28. The van der Waals surface area contributed by atoms with Crippen molar-refractivity contribution < 1.29 is 13.9 Å². The molecule has 0 bridgehead atoms. The van der Waals surface area contributed by atoms with Crippen LogP contribution in [0.4, 0.5) is 5.13 Å². The second-order valence-corrected chi connectivity index (χ2v) is 7.77. The van der Waals surface area contributed by atoms with Gasteiger partial charge < -0.3 is 14.5 Å². The van der Waals surface area contributed by atoms with Crippen LogP contribution in [0, 0.1) is 13.8 Å². The largest absolute Gasteiger partial charge is 0.490 e. The molecular formula is C23H22N2O3S. The molecule has 0 spiro atoms. The Labute approximate surface area is 173 Å². The van der Waals surface area contributed by atoms with Crippen LogP contribution < -0.4 is 10.1 Å². The molecule has 2 aromatic carbocycles. The van der Waals surface area contributed by atoms with Crippen LogP contribution in [0.2, 0.25) is 0 Å². The normalized spacial score (nSPS) is 11.0. The van der Waals surface area contributed by atoms with E-state index in [1.54, 1.807) is 0 Å². The fraction of sp³-hybridized carbons (Fsp3) is 0.217. The molecule has 148 valence electrons. The van der Waals surface area contributed by atoms with Crippen LogP contribution >= 0.6 is 11.3 Å². The Balaban J connectivity index is 1.50. The maximum Gasteiger partial charge on any atom is 0.230 e. The average molecular weight is 407 g/mol. The summed E-state index contributed by atoms with van der Waals surface area (Å²) in [6.45, 7) is 6.58. The zero-order valence-electron chi connectivity index (χ0n) is 16.6. The minimum atomic E-state index is -0.0823. The van der Waals surface area contributed by atoms with Crippen LogP contribution in [0.3, 0.4) is 0 Å². The van der Waals surface area contributed by atoms with E-state index in [1.807, 2.05) is 62.5 Å². The number of amides is 1. The summed E-state index contributed by atoms with van der Waals surface area (Å²) in [6.07, 6.45) is 0.323. The van der Waals surface area contributed by atoms with Crippen LogP contribution in [0.15, 0.2) is 52.3 Å². The maximum absolute atomic E-state index is 12.4. The summed E-state index contributed by atoms with van der Waals surface area (Å²) in [5.74, 6) is 1.29. The summed E-state index contributed by atoms with van der Waals surface area (Å²) in [6, 6.07) is 13.8. The molecule has 1 amide bonds. The molecule has 4 aromatic rings. The van der Waals surface area contributed by atoms with E-state index in [-0.39, 0.29) is 5.91 Å². The number of anilines is 1. The van der Waals surface area contributed by atoms with Crippen LogP contribution in [0.1, 0.15) is 23.6 Å². The summed E-state index contributed by atoms with van der Waals surface area (Å²) in [4.78, 5) is 17.0. The average Bonchev–Trinajstić information content (AvgIpc) is 3.31. The molecule has 0 aliphatic carbocycles. The van der Waals surface area contributed by atoms with Gasteiger partial charge in [0, 0.05) is 10.8 Å². The molecule has 0 unspecified atom stereocenters. The Morgan fingerprint density at radius 3 is 2.86 bits per heavy atom. The van der Waals surface area contributed by atoms with Gasteiger partial charge in [-0.05, 0) is 44.0 Å². The molecule has 0 atom stereocenters. The fourth-order valence-electron chi connectivity index (χ4n) is 3.26. The number of hydrogen-bond donors (Lipinski definition) is 1. The summed E-state index contributed by atoms with van der Waals surface area (Å²) in [5.41, 5.74) is 4.72. The molecule has 0 saturated heterocycles. The first-order valence-electron chi connectivity index (χ1n) is 9.50. The van der Waals surface area contributed by atoms with E-state index in [1.165, 1.54) is 16.9 Å². The number of aryl methyl sites for hydroxylation is 2. The van der Waals surface area contributed by atoms with Crippen molar-refractivity contribution >= 4 is 33.3 Å². The van der Waals surface area contributed by atoms with Gasteiger partial charge in [0.2, 0.25) is 5.91 Å². The number of hydrogen-bond acceptors (Lipinski definition) is 5. The van der Waals surface area contributed by atoms with Gasteiger partial charge in [0.05, 0.1) is 13.0 Å². The van der Waals surface area contributed by atoms with Gasteiger partial charge >= 0.3 is 0 Å². The van der Waals surface area contributed by atoms with Crippen molar-refractivity contribution in [2.45, 2.75) is 27.2 Å². The van der Waals surface area contributed by atoms with E-state index in [2.05, 4.69) is 16.4 Å². The number of rotatable bonds is 6. The molecule has 0 saturated carbocycles. The molecule has 6 heteroatoms. The lowest BCUT2D eigenvalue weighted by Crippen LogP contribution is -2.14. The molecule has 0 fully saturated rings. The Bertz CT molecular complexity index is 1180. The van der Waals surface area contributed by atoms with E-state index in [0.717, 1.165) is 16.5 Å². The lowest BCUT2D eigenvalue weighted by molar-refractivity contribution is -0.115. The predicted molar refractivity (Wildman–Crippen MR) is 117 cm³/mol. The molecular weight excluding hydrogens is 384 g/mol. The van der Waals surface area contributed by atoms with Gasteiger partial charge in [-0.15, -0.1) is 11.3 Å². The van der Waals surface area contributed by atoms with E-state index in [9.17, 15) is 4.79 Å². The standard InChI is InChI=1S/C23H22N2O3S/c1-4-27-19-7-5-6-17-11-20(28-22(17)19)18-13-29-23(24-18)25-21(26)12-16-9-8-14(2)10-15(16)3/h5-11,13H,4,12H2,1-3H3,(H,24,25,26). The maximum atomic E-state index is 12.4. The summed E-state index contributed by atoms with van der Waals surface area (Å²) in [7, 11) is 0. The fourth-order valence-corrected chi connectivity index (χ4v) is 3.97. The third kappa shape index (κ3) is 4.17. The quantitative estimate of drug-likeness (QED) is 0.443. The lowest BCUT2D eigenvalue weighted by Gasteiger charge is -2.06. The van der Waals surface area contributed by atoms with Crippen molar-refractivity contribution in [1.82, 2.24) is 4.98 Å². The van der Waals surface area contributed by atoms with Crippen molar-refractivity contribution in [3.63, 3.8) is 0 Å². The van der Waals surface area contributed by atoms with Gasteiger partial charge in [-0.2, -0.15) is 0 Å². The second-order valence-electron chi connectivity index (χ2n) is 6.91. The SMILES string of the molecule is CCOc1cccc2cc(-c3csc(NC(=O)Cc4ccc(C)cc4C)n3)oc12. The van der Waals surface area contributed by atoms with Gasteiger partial charge in [-0.1, -0.05) is 35.9 Å². The van der Waals surface area contributed by atoms with Gasteiger partial charge in [-0.3, -0.25) is 4.79 Å². The van der Waals surface area contributed by atoms with Gasteiger partial charge in [-0.25, -0.2) is 4.98 Å². The minimum Gasteiger partial charge on any atom is -0.490 e. The van der Waals surface area contributed by atoms with Crippen molar-refractivity contribution in [1.29, 1.82) is 0 Å². The summed E-state index contributed by atoms with van der Waals surface area (Å²) < 4.78 is 11.6. The number of aromatic nitrogens is 1. The number of furan rings is 1. The summed E-state index contributed by atoms with van der Waals surface area (Å²) >= 11 is 1.38. The molecule has 0 aliphatic rings. The molecule has 5 nitrogen and oxygen atoms in total. The molecule has 0 radical (unpaired) electrons. The highest BCUT2D eigenvalue weighted by Gasteiger charge is 2.15. The van der Waals surface area contributed by atoms with Crippen LogP contribution in [0.25, 0.3) is 22.4 Å². The van der Waals surface area contributed by atoms with E-state index in [0.29, 0.717) is 40.9 Å². The molecule has 29 heavy (non-hydrogen) atoms. The van der Waals surface area contributed by atoms with Crippen LogP contribution in [0.5, 0.6) is 5.75 Å². The topological polar surface area (TPSA) is 64.4 Å². The van der Waals surface area contributed by atoms with E-state index in [4.69, 9.17) is 9.15 Å². The van der Waals surface area contributed by atoms with Gasteiger partial charge in [0.25, 0.3) is 0 Å². The number of thiazole rings is 1. The Morgan fingerprint density at radius 1 is 1.21 bits per heavy atom. The first kappa shape index (κ1) is 19.2. The molecule has 0 aliphatic heterocycles. The number of carbonyl (C=O) groups is 1. The second kappa shape index (κ2) is 8.09. The Hall–Kier alpha value is -3.12. The number of para-hydroxylation sites is 1. The molecule has 1 N–H and O–H groups in total. The number of nitrogens with zero attached hydrogens (tertiary/aromatic N) is 1. The predicted octanol–water partition coefficient (Wildman–Crippen LogP) is 5.75. The number of fused-ring (bicyclic) bond motifs is 1. The Kier molecular flexibility index (Phi) is 5.36. The van der Waals surface area contributed by atoms with Crippen molar-refractivity contribution in [3.8, 4) is 17.2 Å². The monoisotopic (exact) mass is 406 g/mol. The lowest BCUT2D eigenvalue weighted by atomic mass is 10.0. The molecule has 4 rings (SSSR count). The Morgan fingerprint density at radius 2 is 2.07 bits per heavy atom. The van der Waals surface area contributed by atoms with Crippen LogP contribution in [-0.4, -0.2) is 17.5 Å². The van der Waals surface area contributed by atoms with Crippen LogP contribution in [-0.2, 0) is 11.2 Å². The number of nitrogens with one attached hydrogen (secondary N) is 1. The van der Waals surface area contributed by atoms with Crippen molar-refractivity contribution in [2.75, 3.05) is 11.9 Å². The third-order valence-corrected chi connectivity index (χ3v) is 5.42. The van der Waals surface area contributed by atoms with Gasteiger partial charge in [0.1, 0.15) is 5.69 Å². The van der Waals surface area contributed by atoms with E-state index < -0.39 is 0 Å². The zero-order chi connectivity index (χ0) is 20.4. The minimum absolute atomic E-state index is 0.0823. The molecule has 2 heterocycles. The third-order valence-electron chi connectivity index (χ3n) is 4.66. The smallest absolute Gasteiger partial charge is 0.230 e. The number of ether oxygens (including phenoxy) is 1. The highest BCUT2D eigenvalue weighted by Crippen LogP contribution is 2.34. The molecule has 2 aromatic heterocycles.